The normalized spacial score (nSPS) is 12.4. The van der Waals surface area contributed by atoms with Crippen LogP contribution in [0.2, 0.25) is 0 Å². The Morgan fingerprint density at radius 2 is 1.15 bits per heavy atom. The van der Waals surface area contributed by atoms with Crippen LogP contribution in [0.1, 0.15) is 11.1 Å². The molecule has 0 amide bonds. The van der Waals surface area contributed by atoms with Crippen molar-refractivity contribution in [2.24, 2.45) is 20.5 Å². The van der Waals surface area contributed by atoms with Crippen LogP contribution in [0.5, 0.6) is 0 Å². The predicted molar refractivity (Wildman–Crippen MR) is 154 cm³/mol. The summed E-state index contributed by atoms with van der Waals surface area (Å²) in [6, 6.07) is 29.8. The van der Waals surface area contributed by atoms with Crippen molar-refractivity contribution in [3.8, 4) is 0 Å². The lowest BCUT2D eigenvalue weighted by molar-refractivity contribution is 0.481. The van der Waals surface area contributed by atoms with Crippen LogP contribution in [0.4, 0.5) is 22.7 Å². The third-order valence-electron chi connectivity index (χ3n) is 6.10. The fraction of sp³-hybridized carbons (Fsp3) is 0.0345. The summed E-state index contributed by atoms with van der Waals surface area (Å²) in [7, 11) is -9.31. The van der Waals surface area contributed by atoms with Crippen molar-refractivity contribution in [3.63, 3.8) is 0 Å². The minimum Gasteiger partial charge on any atom is -0.282 e. The van der Waals surface area contributed by atoms with Crippen molar-refractivity contribution in [1.82, 2.24) is 0 Å². The SMILES string of the molecule is O=S(=O)(O)c1cc(N=Nc2ccccc2)ccc1N=Nc1ccc(Cc2ccccc2)c2c(S(=O)(=O)O)cccc12. The monoisotopic (exact) mass is 586 g/mol. The van der Waals surface area contributed by atoms with Crippen molar-refractivity contribution in [1.29, 1.82) is 0 Å². The molecule has 0 atom stereocenters. The van der Waals surface area contributed by atoms with Gasteiger partial charge in [-0.3, -0.25) is 9.11 Å². The van der Waals surface area contributed by atoms with Crippen LogP contribution in [-0.4, -0.2) is 25.9 Å². The summed E-state index contributed by atoms with van der Waals surface area (Å²) in [6.07, 6.45) is 0.382. The Labute approximate surface area is 236 Å². The standard InChI is InChI=1S/C29H22N4O6S2/c34-40(35,36)27-13-7-12-24-25(16-14-21(29(24)27)18-20-8-3-1-4-9-20)32-33-26-17-15-23(19-28(26)41(37,38)39)31-30-22-10-5-2-6-11-22/h1-17,19H,18H2,(H,34,35,36)(H,37,38,39). The highest BCUT2D eigenvalue weighted by Crippen LogP contribution is 2.37. The molecule has 0 radical (unpaired) electrons. The summed E-state index contributed by atoms with van der Waals surface area (Å²) in [5.41, 5.74) is 2.32. The zero-order chi connectivity index (χ0) is 29.0. The zero-order valence-electron chi connectivity index (χ0n) is 21.2. The molecule has 5 aromatic rings. The highest BCUT2D eigenvalue weighted by Gasteiger charge is 2.20. The summed E-state index contributed by atoms with van der Waals surface area (Å²) >= 11 is 0. The number of azo groups is 2. The lowest BCUT2D eigenvalue weighted by Crippen LogP contribution is -2.01. The summed E-state index contributed by atoms with van der Waals surface area (Å²) in [4.78, 5) is -0.820. The van der Waals surface area contributed by atoms with Crippen LogP contribution in [0.15, 0.2) is 139 Å². The molecule has 0 fully saturated rings. The van der Waals surface area contributed by atoms with Gasteiger partial charge in [0.1, 0.15) is 15.5 Å². The molecule has 0 aliphatic rings. The second kappa shape index (κ2) is 11.5. The Hall–Kier alpha value is -4.62. The van der Waals surface area contributed by atoms with Crippen LogP contribution in [0.3, 0.4) is 0 Å². The molecule has 41 heavy (non-hydrogen) atoms. The van der Waals surface area contributed by atoms with Crippen molar-refractivity contribution in [3.05, 3.63) is 120 Å². The molecule has 5 aromatic carbocycles. The van der Waals surface area contributed by atoms with Crippen molar-refractivity contribution in [2.45, 2.75) is 16.2 Å². The van der Waals surface area contributed by atoms with Gasteiger partial charge >= 0.3 is 0 Å². The van der Waals surface area contributed by atoms with E-state index in [2.05, 4.69) is 20.5 Å². The number of fused-ring (bicyclic) bond motifs is 1. The van der Waals surface area contributed by atoms with Gasteiger partial charge in [-0.05, 0) is 60.0 Å². The van der Waals surface area contributed by atoms with E-state index in [1.165, 1.54) is 24.3 Å². The molecule has 0 saturated heterocycles. The summed E-state index contributed by atoms with van der Waals surface area (Å²) in [5, 5.41) is 17.0. The molecule has 0 aliphatic carbocycles. The molecule has 0 spiro atoms. The van der Waals surface area contributed by atoms with Gasteiger partial charge in [-0.25, -0.2) is 0 Å². The number of rotatable bonds is 8. The summed E-state index contributed by atoms with van der Waals surface area (Å²) in [5.74, 6) is 0. The Bertz CT molecular complexity index is 2010. The second-order valence-electron chi connectivity index (χ2n) is 8.92. The maximum Gasteiger partial charge on any atom is 0.296 e. The molecule has 2 N–H and O–H groups in total. The Morgan fingerprint density at radius 3 is 1.83 bits per heavy atom. The topological polar surface area (TPSA) is 158 Å². The Balaban J connectivity index is 1.58. The van der Waals surface area contributed by atoms with E-state index in [0.717, 1.165) is 11.6 Å². The molecular weight excluding hydrogens is 564 g/mol. The van der Waals surface area contributed by atoms with Crippen LogP contribution in [0, 0.1) is 0 Å². The van der Waals surface area contributed by atoms with Gasteiger partial charge in [0, 0.05) is 10.8 Å². The Morgan fingerprint density at radius 1 is 0.537 bits per heavy atom. The first-order chi connectivity index (χ1) is 19.6. The van der Waals surface area contributed by atoms with Gasteiger partial charge in [-0.1, -0.05) is 66.7 Å². The van der Waals surface area contributed by atoms with Crippen molar-refractivity contribution in [2.75, 3.05) is 0 Å². The van der Waals surface area contributed by atoms with Gasteiger partial charge in [0.2, 0.25) is 0 Å². The smallest absolute Gasteiger partial charge is 0.282 e. The van der Waals surface area contributed by atoms with Gasteiger partial charge in [-0.15, -0.1) is 10.2 Å². The van der Waals surface area contributed by atoms with E-state index in [4.69, 9.17) is 0 Å². The average molecular weight is 587 g/mol. The lowest BCUT2D eigenvalue weighted by atomic mass is 9.97. The van der Waals surface area contributed by atoms with Crippen LogP contribution >= 0.6 is 0 Å². The molecule has 10 nitrogen and oxygen atoms in total. The van der Waals surface area contributed by atoms with Crippen LogP contribution in [-0.2, 0) is 26.7 Å². The van der Waals surface area contributed by atoms with Gasteiger partial charge < -0.3 is 0 Å². The van der Waals surface area contributed by atoms with Crippen LogP contribution in [0.25, 0.3) is 10.8 Å². The third-order valence-corrected chi connectivity index (χ3v) is 7.88. The van der Waals surface area contributed by atoms with Gasteiger partial charge in [0.25, 0.3) is 20.2 Å². The van der Waals surface area contributed by atoms with E-state index in [1.54, 1.807) is 42.5 Å². The molecule has 0 bridgehead atoms. The van der Waals surface area contributed by atoms with Gasteiger partial charge in [0.05, 0.1) is 17.1 Å². The first-order valence-electron chi connectivity index (χ1n) is 12.2. The largest absolute Gasteiger partial charge is 0.296 e. The fourth-order valence-electron chi connectivity index (χ4n) is 4.27. The van der Waals surface area contributed by atoms with E-state index < -0.39 is 25.1 Å². The van der Waals surface area contributed by atoms with Gasteiger partial charge in [-0.2, -0.15) is 27.1 Å². The molecule has 0 aliphatic heterocycles. The van der Waals surface area contributed by atoms with Crippen LogP contribution < -0.4 is 0 Å². The van der Waals surface area contributed by atoms with Crippen molar-refractivity contribution >= 4 is 53.8 Å². The molecule has 0 aromatic heterocycles. The number of nitrogens with zero attached hydrogens (tertiary/aromatic N) is 4. The van der Waals surface area contributed by atoms with E-state index in [-0.39, 0.29) is 27.3 Å². The highest BCUT2D eigenvalue weighted by atomic mass is 32.2. The highest BCUT2D eigenvalue weighted by molar-refractivity contribution is 7.86. The molecule has 0 unspecified atom stereocenters. The van der Waals surface area contributed by atoms with E-state index in [0.29, 0.717) is 23.1 Å². The maximum atomic E-state index is 12.3. The van der Waals surface area contributed by atoms with E-state index in [1.807, 2.05) is 36.4 Å². The Kier molecular flexibility index (Phi) is 7.81. The first-order valence-corrected chi connectivity index (χ1v) is 15.0. The molecule has 12 heteroatoms. The lowest BCUT2D eigenvalue weighted by Gasteiger charge is -2.12. The molecule has 206 valence electrons. The van der Waals surface area contributed by atoms with E-state index in [9.17, 15) is 25.9 Å². The quantitative estimate of drug-likeness (QED) is 0.140. The zero-order valence-corrected chi connectivity index (χ0v) is 22.9. The minimum absolute atomic E-state index is 0.161. The third kappa shape index (κ3) is 6.58. The number of benzene rings is 5. The molecule has 0 saturated carbocycles. The molecule has 0 heterocycles. The maximum absolute atomic E-state index is 12.3. The first kappa shape index (κ1) is 27.9. The predicted octanol–water partition coefficient (Wildman–Crippen LogP) is 7.75. The summed E-state index contributed by atoms with van der Waals surface area (Å²) in [6.45, 7) is 0. The van der Waals surface area contributed by atoms with Crippen molar-refractivity contribution < 1.29 is 25.9 Å². The molecular formula is C29H22N4O6S2. The summed E-state index contributed by atoms with van der Waals surface area (Å²) < 4.78 is 68.7. The minimum atomic E-state index is -4.72. The fourth-order valence-corrected chi connectivity index (χ4v) is 5.66. The van der Waals surface area contributed by atoms with Gasteiger partial charge in [0.15, 0.2) is 0 Å². The number of hydrogen-bond acceptors (Lipinski definition) is 8. The average Bonchev–Trinajstić information content (AvgIpc) is 2.95. The molecule has 5 rings (SSSR count). The number of hydrogen-bond donors (Lipinski definition) is 2. The van der Waals surface area contributed by atoms with E-state index >= 15 is 0 Å². The second-order valence-corrected chi connectivity index (χ2v) is 11.7.